The van der Waals surface area contributed by atoms with Crippen LogP contribution in [0.15, 0.2) is 60.7 Å². The van der Waals surface area contributed by atoms with Crippen LogP contribution in [0.2, 0.25) is 0 Å². The molecular weight excluding hydrogens is 345 g/mol. The predicted octanol–water partition coefficient (Wildman–Crippen LogP) is 5.66. The molecule has 2 aromatic carbocycles. The molecule has 0 aromatic heterocycles. The zero-order valence-corrected chi connectivity index (χ0v) is 14.7. The number of rotatable bonds is 5. The van der Waals surface area contributed by atoms with Crippen molar-refractivity contribution in [1.29, 1.82) is 0 Å². The molecule has 0 heterocycles. The Morgan fingerprint density at radius 3 is 2.19 bits per heavy atom. The van der Waals surface area contributed by atoms with Gasteiger partial charge in [0.2, 0.25) is 0 Å². The highest BCUT2D eigenvalue weighted by molar-refractivity contribution is 5.91. The number of ether oxygens (including phenoxy) is 2. The Hall–Kier alpha value is -2.76. The number of hydrogen-bond acceptors (Lipinski definition) is 3. The van der Waals surface area contributed by atoms with E-state index in [1.165, 1.54) is 0 Å². The van der Waals surface area contributed by atoms with Gasteiger partial charge in [-0.15, -0.1) is 0 Å². The fraction of sp³-hybridized carbons (Fsp3) is 0.250. The largest absolute Gasteiger partial charge is 0.483 e. The number of alkyl halides is 3. The molecule has 0 aliphatic heterocycles. The zero-order valence-electron chi connectivity index (χ0n) is 14.7. The van der Waals surface area contributed by atoms with Crippen molar-refractivity contribution < 1.29 is 27.4 Å². The summed E-state index contributed by atoms with van der Waals surface area (Å²) in [6.07, 6.45) is -4.62. The van der Waals surface area contributed by atoms with E-state index in [-0.39, 0.29) is 5.56 Å². The average molecular weight is 364 g/mol. The van der Waals surface area contributed by atoms with Crippen molar-refractivity contribution in [2.24, 2.45) is 0 Å². The summed E-state index contributed by atoms with van der Waals surface area (Å²) in [7, 11) is 0. The maximum Gasteiger partial charge on any atom is 0.419 e. The second-order valence-electron chi connectivity index (χ2n) is 6.30. The molecule has 0 atom stereocenters. The number of para-hydroxylation sites is 1. The highest BCUT2D eigenvalue weighted by atomic mass is 19.4. The first-order valence-electron chi connectivity index (χ1n) is 7.84. The van der Waals surface area contributed by atoms with Crippen LogP contribution in [-0.2, 0) is 6.18 Å². The molecule has 0 saturated carbocycles. The minimum Gasteiger partial charge on any atom is -0.483 e. The van der Waals surface area contributed by atoms with Crippen LogP contribution < -0.4 is 9.47 Å². The molecule has 2 aromatic rings. The van der Waals surface area contributed by atoms with Gasteiger partial charge >= 0.3 is 12.1 Å². The van der Waals surface area contributed by atoms with Crippen LogP contribution in [0.4, 0.5) is 13.2 Å². The van der Waals surface area contributed by atoms with E-state index >= 15 is 0 Å². The lowest BCUT2D eigenvalue weighted by Gasteiger charge is -2.28. The molecule has 3 nitrogen and oxygen atoms in total. The Morgan fingerprint density at radius 1 is 1.04 bits per heavy atom. The smallest absolute Gasteiger partial charge is 0.419 e. The molecule has 6 heteroatoms. The minimum absolute atomic E-state index is 0.0469. The van der Waals surface area contributed by atoms with E-state index < -0.39 is 29.1 Å². The summed E-state index contributed by atoms with van der Waals surface area (Å²) in [4.78, 5) is 12.3. The van der Waals surface area contributed by atoms with Crippen LogP contribution in [0.1, 0.15) is 36.7 Å². The summed E-state index contributed by atoms with van der Waals surface area (Å²) in [5, 5.41) is 0. The van der Waals surface area contributed by atoms with Crippen molar-refractivity contribution in [3.05, 3.63) is 71.8 Å². The molecule has 0 fully saturated rings. The molecule has 138 valence electrons. The number of halogens is 3. The van der Waals surface area contributed by atoms with Crippen LogP contribution in [0.25, 0.3) is 0 Å². The van der Waals surface area contributed by atoms with Gasteiger partial charge in [0.25, 0.3) is 0 Å². The molecular formula is C20H19F3O3. The summed E-state index contributed by atoms with van der Waals surface area (Å²) in [6, 6.07) is 11.2. The molecule has 0 N–H and O–H groups in total. The van der Waals surface area contributed by atoms with Crippen LogP contribution >= 0.6 is 0 Å². The molecule has 0 radical (unpaired) electrons. The van der Waals surface area contributed by atoms with Crippen LogP contribution in [0.3, 0.4) is 0 Å². The monoisotopic (exact) mass is 364 g/mol. The third-order valence-corrected chi connectivity index (χ3v) is 3.87. The fourth-order valence-corrected chi connectivity index (χ4v) is 1.98. The molecule has 0 saturated heterocycles. The second kappa shape index (κ2) is 7.23. The third-order valence-electron chi connectivity index (χ3n) is 3.87. The molecule has 0 aliphatic rings. The van der Waals surface area contributed by atoms with Gasteiger partial charge in [0.05, 0.1) is 11.1 Å². The molecule has 26 heavy (non-hydrogen) atoms. The van der Waals surface area contributed by atoms with Gasteiger partial charge in [-0.25, -0.2) is 4.79 Å². The highest BCUT2D eigenvalue weighted by Gasteiger charge is 2.36. The van der Waals surface area contributed by atoms with Gasteiger partial charge in [-0.3, -0.25) is 0 Å². The third kappa shape index (κ3) is 4.65. The van der Waals surface area contributed by atoms with Gasteiger partial charge in [0.1, 0.15) is 17.1 Å². The van der Waals surface area contributed by atoms with E-state index in [9.17, 15) is 18.0 Å². The molecule has 0 bridgehead atoms. The van der Waals surface area contributed by atoms with Crippen molar-refractivity contribution >= 4 is 5.97 Å². The number of carbonyl (C=O) groups is 1. The Labute approximate surface area is 150 Å². The lowest BCUT2D eigenvalue weighted by atomic mass is 10.0. The van der Waals surface area contributed by atoms with E-state index in [1.807, 2.05) is 0 Å². The summed E-state index contributed by atoms with van der Waals surface area (Å²) in [5.74, 6) is -0.932. The lowest BCUT2D eigenvalue weighted by Crippen LogP contribution is -2.30. The Bertz CT molecular complexity index is 809. The van der Waals surface area contributed by atoms with Gasteiger partial charge in [0.15, 0.2) is 0 Å². The first kappa shape index (κ1) is 19.6. The summed E-state index contributed by atoms with van der Waals surface area (Å²) >= 11 is 0. The summed E-state index contributed by atoms with van der Waals surface area (Å²) in [5.41, 5.74) is -1.51. The van der Waals surface area contributed by atoms with E-state index in [0.717, 1.165) is 18.2 Å². The van der Waals surface area contributed by atoms with Crippen molar-refractivity contribution in [3.63, 3.8) is 0 Å². The highest BCUT2D eigenvalue weighted by Crippen LogP contribution is 2.39. The molecule has 2 rings (SSSR count). The first-order valence-corrected chi connectivity index (χ1v) is 7.84. The first-order chi connectivity index (χ1) is 12.0. The SMILES string of the molecule is C=C(C)C(C)(C)Oc1cc(C(=O)Oc2ccccc2)ccc1C(F)(F)F. The van der Waals surface area contributed by atoms with Crippen molar-refractivity contribution in [3.8, 4) is 11.5 Å². The maximum atomic E-state index is 13.3. The van der Waals surface area contributed by atoms with Gasteiger partial charge in [-0.2, -0.15) is 13.2 Å². The van der Waals surface area contributed by atoms with Gasteiger partial charge in [-0.1, -0.05) is 24.8 Å². The maximum absolute atomic E-state index is 13.3. The molecule has 0 spiro atoms. The van der Waals surface area contributed by atoms with Crippen molar-refractivity contribution in [2.75, 3.05) is 0 Å². The van der Waals surface area contributed by atoms with Gasteiger partial charge in [-0.05, 0) is 56.7 Å². The molecule has 0 aliphatic carbocycles. The van der Waals surface area contributed by atoms with E-state index in [2.05, 4.69) is 6.58 Å². The molecule has 0 unspecified atom stereocenters. The average Bonchev–Trinajstić information content (AvgIpc) is 2.54. The second-order valence-corrected chi connectivity index (χ2v) is 6.30. The summed E-state index contributed by atoms with van der Waals surface area (Å²) < 4.78 is 50.6. The van der Waals surface area contributed by atoms with Gasteiger partial charge in [0, 0.05) is 0 Å². The Morgan fingerprint density at radius 2 is 1.65 bits per heavy atom. The lowest BCUT2D eigenvalue weighted by molar-refractivity contribution is -0.139. The van der Waals surface area contributed by atoms with E-state index in [1.54, 1.807) is 51.1 Å². The number of esters is 1. The van der Waals surface area contributed by atoms with Crippen LogP contribution in [0.5, 0.6) is 11.5 Å². The van der Waals surface area contributed by atoms with E-state index in [0.29, 0.717) is 11.3 Å². The van der Waals surface area contributed by atoms with Crippen molar-refractivity contribution in [1.82, 2.24) is 0 Å². The minimum atomic E-state index is -4.62. The normalized spacial score (nSPS) is 11.8. The van der Waals surface area contributed by atoms with Crippen LogP contribution in [-0.4, -0.2) is 11.6 Å². The van der Waals surface area contributed by atoms with Crippen LogP contribution in [0, 0.1) is 0 Å². The number of carbonyl (C=O) groups excluding carboxylic acids is 1. The number of hydrogen-bond donors (Lipinski definition) is 0. The quantitative estimate of drug-likeness (QED) is 0.390. The predicted molar refractivity (Wildman–Crippen MR) is 92.4 cm³/mol. The Kier molecular flexibility index (Phi) is 5.44. The van der Waals surface area contributed by atoms with E-state index in [4.69, 9.17) is 9.47 Å². The zero-order chi connectivity index (χ0) is 19.5. The fourth-order valence-electron chi connectivity index (χ4n) is 1.98. The topological polar surface area (TPSA) is 35.5 Å². The van der Waals surface area contributed by atoms with Crippen molar-refractivity contribution in [2.45, 2.75) is 32.5 Å². The van der Waals surface area contributed by atoms with Gasteiger partial charge < -0.3 is 9.47 Å². The standard InChI is InChI=1S/C20H19F3O3/c1-13(2)19(3,4)26-17-12-14(10-11-16(17)20(21,22)23)18(24)25-15-8-6-5-7-9-15/h5-12H,1H2,2-4H3. The molecule has 0 amide bonds. The summed E-state index contributed by atoms with van der Waals surface area (Å²) in [6.45, 7) is 8.59. The Balaban J connectivity index is 2.39. The number of benzene rings is 2.